The van der Waals surface area contributed by atoms with Gasteiger partial charge in [-0.2, -0.15) is 0 Å². The molecule has 1 fully saturated rings. The van der Waals surface area contributed by atoms with Crippen LogP contribution in [-0.2, 0) is 14.0 Å². The first-order valence-electron chi connectivity index (χ1n) is 11.7. The molecule has 2 N–H and O–H groups in total. The molecule has 3 rings (SSSR count). The minimum atomic E-state index is -2.55. The summed E-state index contributed by atoms with van der Waals surface area (Å²) in [4.78, 5) is 24.1. The van der Waals surface area contributed by atoms with Gasteiger partial charge in [-0.25, -0.2) is 4.79 Å². The second-order valence-corrected chi connectivity index (χ2v) is 14.3. The van der Waals surface area contributed by atoms with Crippen molar-refractivity contribution in [2.45, 2.75) is 51.6 Å². The number of benzene rings is 2. The number of rotatable bonds is 8. The smallest absolute Gasteiger partial charge is 0.321 e. The summed E-state index contributed by atoms with van der Waals surface area (Å²) in [6, 6.07) is 20.7. The number of methoxy groups -OCH3 is 1. The maximum Gasteiger partial charge on any atom is 0.321 e. The van der Waals surface area contributed by atoms with E-state index < -0.39 is 20.3 Å². The zero-order valence-corrected chi connectivity index (χ0v) is 21.8. The molecular weight excluding hydrogens is 444 g/mol. The minimum absolute atomic E-state index is 0.0345. The molecule has 2 aromatic carbocycles. The van der Waals surface area contributed by atoms with Crippen LogP contribution in [0.4, 0.5) is 4.79 Å². The lowest BCUT2D eigenvalue weighted by atomic mass is 9.81. The molecule has 6 nitrogen and oxygen atoms in total. The third kappa shape index (κ3) is 5.77. The topological polar surface area (TPSA) is 76.7 Å². The molecule has 34 heavy (non-hydrogen) atoms. The van der Waals surface area contributed by atoms with E-state index in [1.807, 2.05) is 12.1 Å². The van der Waals surface area contributed by atoms with Gasteiger partial charge >= 0.3 is 6.03 Å². The molecule has 0 aliphatic heterocycles. The molecule has 1 aliphatic rings. The van der Waals surface area contributed by atoms with E-state index in [-0.39, 0.29) is 11.1 Å². The Morgan fingerprint density at radius 3 is 2.00 bits per heavy atom. The molecule has 0 heterocycles. The fraction of sp³-hybridized carbons (Fsp3) is 0.407. The molecule has 0 radical (unpaired) electrons. The van der Waals surface area contributed by atoms with Gasteiger partial charge in [0.05, 0.1) is 13.4 Å². The van der Waals surface area contributed by atoms with Crippen molar-refractivity contribution in [2.24, 2.45) is 5.92 Å². The number of hydrogen-bond acceptors (Lipinski definition) is 4. The first-order chi connectivity index (χ1) is 16.2. The number of nitrogens with one attached hydrogen (secondary N) is 2. The molecular formula is C27H36N2O4Si. The van der Waals surface area contributed by atoms with Crippen LogP contribution in [0.3, 0.4) is 0 Å². The Kier molecular flexibility index (Phi) is 8.33. The third-order valence-corrected chi connectivity index (χ3v) is 11.4. The van der Waals surface area contributed by atoms with Crippen LogP contribution in [0.2, 0.25) is 5.04 Å². The minimum Gasteiger partial charge on any atom is -0.504 e. The van der Waals surface area contributed by atoms with E-state index in [1.165, 1.54) is 23.7 Å². The highest BCUT2D eigenvalue weighted by Crippen LogP contribution is 2.38. The summed E-state index contributed by atoms with van der Waals surface area (Å²) < 4.78 is 11.8. The summed E-state index contributed by atoms with van der Waals surface area (Å²) in [5.74, 6) is -0.108. The van der Waals surface area contributed by atoms with Crippen LogP contribution in [0.5, 0.6) is 0 Å². The van der Waals surface area contributed by atoms with E-state index in [0.29, 0.717) is 18.1 Å². The predicted octanol–water partition coefficient (Wildman–Crippen LogP) is 3.72. The number of imide groups is 1. The Morgan fingerprint density at radius 2 is 1.53 bits per heavy atom. The highest BCUT2D eigenvalue weighted by atomic mass is 28.4. The third-order valence-electron chi connectivity index (χ3n) is 6.40. The lowest BCUT2D eigenvalue weighted by Gasteiger charge is -2.45. The highest BCUT2D eigenvalue weighted by Gasteiger charge is 2.50. The molecule has 1 saturated carbocycles. The molecule has 3 amide bonds. The number of ether oxygens (including phenoxy) is 1. The Morgan fingerprint density at radius 1 is 1.00 bits per heavy atom. The van der Waals surface area contributed by atoms with Crippen molar-refractivity contribution in [2.75, 3.05) is 13.7 Å². The van der Waals surface area contributed by atoms with E-state index in [1.54, 1.807) is 6.92 Å². The van der Waals surface area contributed by atoms with Crippen molar-refractivity contribution in [3.8, 4) is 0 Å². The van der Waals surface area contributed by atoms with Crippen LogP contribution in [-0.4, -0.2) is 40.0 Å². The van der Waals surface area contributed by atoms with Gasteiger partial charge in [0.2, 0.25) is 0 Å². The average Bonchev–Trinajstić information content (AvgIpc) is 2.78. The van der Waals surface area contributed by atoms with Crippen molar-refractivity contribution >= 4 is 30.6 Å². The van der Waals surface area contributed by atoms with Gasteiger partial charge in [0, 0.05) is 18.2 Å². The van der Waals surface area contributed by atoms with Crippen LogP contribution in [0.15, 0.2) is 72.5 Å². The van der Waals surface area contributed by atoms with Crippen molar-refractivity contribution in [3.05, 3.63) is 72.5 Å². The fourth-order valence-electron chi connectivity index (χ4n) is 4.65. The Balaban J connectivity index is 1.65. The van der Waals surface area contributed by atoms with Crippen LogP contribution < -0.4 is 21.0 Å². The summed E-state index contributed by atoms with van der Waals surface area (Å²) >= 11 is 0. The molecule has 182 valence electrons. The number of carbonyl (C=O) groups excluding carboxylic acids is 2. The summed E-state index contributed by atoms with van der Waals surface area (Å²) in [6.07, 6.45) is 2.96. The van der Waals surface area contributed by atoms with Crippen LogP contribution in [0, 0.1) is 5.92 Å². The van der Waals surface area contributed by atoms with Gasteiger partial charge in [-0.05, 0) is 41.1 Å². The van der Waals surface area contributed by atoms with Crippen molar-refractivity contribution in [3.63, 3.8) is 0 Å². The second-order valence-electron chi connectivity index (χ2n) is 9.97. The van der Waals surface area contributed by atoms with E-state index >= 15 is 0 Å². The van der Waals surface area contributed by atoms with E-state index in [0.717, 1.165) is 12.8 Å². The first kappa shape index (κ1) is 25.7. The molecule has 0 unspecified atom stereocenters. The zero-order valence-electron chi connectivity index (χ0n) is 20.8. The molecule has 1 aliphatic carbocycles. The quantitative estimate of drug-likeness (QED) is 0.343. The van der Waals surface area contributed by atoms with Gasteiger partial charge in [0.25, 0.3) is 14.2 Å². The normalized spacial score (nSPS) is 18.6. The maximum atomic E-state index is 12.2. The van der Waals surface area contributed by atoms with E-state index in [9.17, 15) is 9.59 Å². The fourth-order valence-corrected chi connectivity index (χ4v) is 9.29. The van der Waals surface area contributed by atoms with E-state index in [4.69, 9.17) is 9.16 Å². The lowest BCUT2D eigenvalue weighted by molar-refractivity contribution is -0.116. The van der Waals surface area contributed by atoms with Gasteiger partial charge < -0.3 is 14.5 Å². The summed E-state index contributed by atoms with van der Waals surface area (Å²) in [5.41, 5.74) is 0.336. The van der Waals surface area contributed by atoms with Gasteiger partial charge in [-0.1, -0.05) is 81.4 Å². The monoisotopic (exact) mass is 480 g/mol. The van der Waals surface area contributed by atoms with Crippen LogP contribution in [0.1, 0.15) is 40.5 Å². The first-order valence-corrected chi connectivity index (χ1v) is 13.6. The predicted molar refractivity (Wildman–Crippen MR) is 138 cm³/mol. The average molecular weight is 481 g/mol. The Hall–Kier alpha value is -2.90. The highest BCUT2D eigenvalue weighted by molar-refractivity contribution is 6.99. The second kappa shape index (κ2) is 11.0. The largest absolute Gasteiger partial charge is 0.504 e. The van der Waals surface area contributed by atoms with Crippen molar-refractivity contribution in [1.82, 2.24) is 10.6 Å². The molecule has 0 saturated heterocycles. The van der Waals surface area contributed by atoms with Crippen LogP contribution >= 0.6 is 0 Å². The van der Waals surface area contributed by atoms with Crippen molar-refractivity contribution < 1.29 is 18.8 Å². The lowest BCUT2D eigenvalue weighted by Crippen LogP contribution is -2.67. The maximum absolute atomic E-state index is 12.2. The number of hydrogen-bond donors (Lipinski definition) is 2. The Bertz CT molecular complexity index is 957. The van der Waals surface area contributed by atoms with Crippen molar-refractivity contribution in [1.29, 1.82) is 0 Å². The molecule has 0 bridgehead atoms. The number of urea groups is 1. The number of amides is 3. The SMILES string of the molecule is COC=C(C)C(=O)NC(=O)N[C@H]1C[C@@H](CO[Si](c2ccccc2)(c2ccccc2)C(C)(C)C)C1. The number of carbonyl (C=O) groups is 2. The molecule has 0 aromatic heterocycles. The van der Waals surface area contributed by atoms with Gasteiger partial charge in [0.1, 0.15) is 0 Å². The van der Waals surface area contributed by atoms with Gasteiger partial charge in [-0.3, -0.25) is 10.1 Å². The Labute approximate surface area is 203 Å². The molecule has 2 aromatic rings. The summed E-state index contributed by atoms with van der Waals surface area (Å²) in [6.45, 7) is 9.04. The van der Waals surface area contributed by atoms with E-state index in [2.05, 4.69) is 79.9 Å². The summed E-state index contributed by atoms with van der Waals surface area (Å²) in [5, 5.41) is 7.68. The molecule has 0 atom stereocenters. The molecule has 0 spiro atoms. The zero-order chi connectivity index (χ0) is 24.8. The summed E-state index contributed by atoms with van der Waals surface area (Å²) in [7, 11) is -1.09. The molecule has 7 heteroatoms. The van der Waals surface area contributed by atoms with Gasteiger partial charge in [-0.15, -0.1) is 0 Å². The standard InChI is InChI=1S/C27H36N2O4Si/c1-20(18-32-5)25(30)29-26(31)28-22-16-21(17-22)19-33-34(27(2,3)4,23-12-8-6-9-13-23)24-14-10-7-11-15-24/h6-15,18,21-22H,16-17,19H2,1-5H3,(H2,28,29,30,31)/t21-,22+. The van der Waals surface area contributed by atoms with Crippen LogP contribution in [0.25, 0.3) is 0 Å². The van der Waals surface area contributed by atoms with Gasteiger partial charge in [0.15, 0.2) is 0 Å².